The molecule has 14 heavy (non-hydrogen) atoms. The lowest BCUT2D eigenvalue weighted by Gasteiger charge is -2.00. The molecule has 0 spiro atoms. The Hall–Kier alpha value is -1.51. The van der Waals surface area contributed by atoms with E-state index in [1.165, 1.54) is 19.6 Å². The van der Waals surface area contributed by atoms with Gasteiger partial charge in [-0.3, -0.25) is 4.79 Å². The Morgan fingerprint density at radius 2 is 1.71 bits per heavy atom. The van der Waals surface area contributed by atoms with Gasteiger partial charge in [0.25, 0.3) is 0 Å². The van der Waals surface area contributed by atoms with Crippen LogP contribution in [0.15, 0.2) is 24.3 Å². The maximum absolute atomic E-state index is 9.59. The molecule has 0 aromatic heterocycles. The Labute approximate surface area is 84.7 Å². The van der Waals surface area contributed by atoms with Gasteiger partial charge in [-0.15, -0.1) is 0 Å². The zero-order valence-electron chi connectivity index (χ0n) is 9.03. The van der Waals surface area contributed by atoms with Crippen LogP contribution in [-0.2, 0) is 9.53 Å². The number of aryl methyl sites for hydroxylation is 1. The van der Waals surface area contributed by atoms with Crippen molar-refractivity contribution >= 4 is 5.97 Å². The van der Waals surface area contributed by atoms with Crippen molar-refractivity contribution in [3.8, 4) is 5.75 Å². The number of methoxy groups -OCH3 is 2. The Morgan fingerprint density at radius 1 is 1.21 bits per heavy atom. The summed E-state index contributed by atoms with van der Waals surface area (Å²) in [6.45, 7) is 3.39. The number of hydrogen-bond acceptors (Lipinski definition) is 3. The molecule has 0 heterocycles. The number of para-hydroxylation sites is 1. The third-order valence-corrected chi connectivity index (χ3v) is 1.60. The van der Waals surface area contributed by atoms with Crippen LogP contribution in [0.4, 0.5) is 0 Å². The van der Waals surface area contributed by atoms with Crippen LogP contribution in [0.25, 0.3) is 0 Å². The highest BCUT2D eigenvalue weighted by Gasteiger charge is 1.90. The summed E-state index contributed by atoms with van der Waals surface area (Å²) in [6, 6.07) is 7.94. The molecule has 1 aromatic carbocycles. The van der Waals surface area contributed by atoms with Gasteiger partial charge in [-0.2, -0.15) is 0 Å². The van der Waals surface area contributed by atoms with Gasteiger partial charge in [-0.05, 0) is 18.6 Å². The van der Waals surface area contributed by atoms with Gasteiger partial charge < -0.3 is 9.47 Å². The molecule has 0 unspecified atom stereocenters. The van der Waals surface area contributed by atoms with Gasteiger partial charge in [-0.25, -0.2) is 0 Å². The molecule has 78 valence electrons. The van der Waals surface area contributed by atoms with E-state index in [1.54, 1.807) is 7.11 Å². The quantitative estimate of drug-likeness (QED) is 0.646. The molecule has 0 aliphatic rings. The van der Waals surface area contributed by atoms with E-state index in [2.05, 4.69) is 4.74 Å². The van der Waals surface area contributed by atoms with Gasteiger partial charge >= 0.3 is 5.97 Å². The minimum Gasteiger partial charge on any atom is -0.496 e. The zero-order chi connectivity index (χ0) is 11.0. The number of carbonyl (C=O) groups is 1. The number of carbonyl (C=O) groups excluding carboxylic acids is 1. The third kappa shape index (κ3) is 5.19. The highest BCUT2D eigenvalue weighted by molar-refractivity contribution is 5.65. The summed E-state index contributed by atoms with van der Waals surface area (Å²) in [6.07, 6.45) is 0. The van der Waals surface area contributed by atoms with Crippen LogP contribution in [0.5, 0.6) is 5.75 Å². The predicted molar refractivity (Wildman–Crippen MR) is 55.4 cm³/mol. The van der Waals surface area contributed by atoms with Crippen molar-refractivity contribution in [2.24, 2.45) is 0 Å². The van der Waals surface area contributed by atoms with Crippen LogP contribution in [0.1, 0.15) is 12.5 Å². The fourth-order valence-electron chi connectivity index (χ4n) is 0.785. The minimum absolute atomic E-state index is 0.245. The largest absolute Gasteiger partial charge is 0.496 e. The van der Waals surface area contributed by atoms with E-state index in [-0.39, 0.29) is 5.97 Å². The van der Waals surface area contributed by atoms with Crippen molar-refractivity contribution in [3.05, 3.63) is 29.8 Å². The topological polar surface area (TPSA) is 35.5 Å². The summed E-state index contributed by atoms with van der Waals surface area (Å²) in [7, 11) is 3.03. The monoisotopic (exact) mass is 196 g/mol. The lowest BCUT2D eigenvalue weighted by atomic mass is 10.2. The Bertz CT molecular complexity index is 282. The fraction of sp³-hybridized carbons (Fsp3) is 0.364. The second-order valence-corrected chi connectivity index (χ2v) is 2.67. The van der Waals surface area contributed by atoms with Gasteiger partial charge in [-0.1, -0.05) is 18.2 Å². The maximum atomic E-state index is 9.59. The molecule has 3 nitrogen and oxygen atoms in total. The molecule has 3 heteroatoms. The second-order valence-electron chi connectivity index (χ2n) is 2.67. The molecule has 0 fully saturated rings. The highest BCUT2D eigenvalue weighted by atomic mass is 16.5. The van der Waals surface area contributed by atoms with Gasteiger partial charge in [0.2, 0.25) is 0 Å². The summed E-state index contributed by atoms with van der Waals surface area (Å²) >= 11 is 0. The number of benzene rings is 1. The van der Waals surface area contributed by atoms with Crippen LogP contribution in [0.3, 0.4) is 0 Å². The van der Waals surface area contributed by atoms with Crippen molar-refractivity contribution in [3.63, 3.8) is 0 Å². The van der Waals surface area contributed by atoms with Gasteiger partial charge in [0.1, 0.15) is 5.75 Å². The zero-order valence-corrected chi connectivity index (χ0v) is 9.03. The van der Waals surface area contributed by atoms with Crippen molar-refractivity contribution in [2.75, 3.05) is 14.2 Å². The van der Waals surface area contributed by atoms with E-state index in [1.807, 2.05) is 31.2 Å². The van der Waals surface area contributed by atoms with Crippen molar-refractivity contribution in [1.82, 2.24) is 0 Å². The standard InChI is InChI=1S/C8H10O.C3H6O2/c1-7-5-3-4-6-8(7)9-2;1-3(4)5-2/h3-6H,1-2H3;1-2H3. The maximum Gasteiger partial charge on any atom is 0.302 e. The molecule has 0 radical (unpaired) electrons. The van der Waals surface area contributed by atoms with Crippen LogP contribution >= 0.6 is 0 Å². The highest BCUT2D eigenvalue weighted by Crippen LogP contribution is 2.14. The molecule has 0 atom stereocenters. The SMILES string of the molecule is COC(C)=O.COc1ccccc1C. The Kier molecular flexibility index (Phi) is 6.20. The van der Waals surface area contributed by atoms with Crippen molar-refractivity contribution < 1.29 is 14.3 Å². The molecule has 0 N–H and O–H groups in total. The van der Waals surface area contributed by atoms with E-state index < -0.39 is 0 Å². The average Bonchev–Trinajstić information content (AvgIpc) is 2.19. The first kappa shape index (κ1) is 12.5. The number of ether oxygens (including phenoxy) is 2. The van der Waals surface area contributed by atoms with Crippen molar-refractivity contribution in [2.45, 2.75) is 13.8 Å². The minimum atomic E-state index is -0.245. The number of esters is 1. The summed E-state index contributed by atoms with van der Waals surface area (Å²) in [5, 5.41) is 0. The molecular weight excluding hydrogens is 180 g/mol. The first-order valence-electron chi connectivity index (χ1n) is 4.26. The molecule has 0 saturated carbocycles. The fourth-order valence-corrected chi connectivity index (χ4v) is 0.785. The molecule has 0 bridgehead atoms. The average molecular weight is 196 g/mol. The summed E-state index contributed by atoms with van der Waals surface area (Å²) in [4.78, 5) is 9.59. The van der Waals surface area contributed by atoms with E-state index >= 15 is 0 Å². The lowest BCUT2D eigenvalue weighted by Crippen LogP contribution is -1.88. The van der Waals surface area contributed by atoms with Crippen LogP contribution in [0, 0.1) is 6.92 Å². The molecule has 0 aliphatic carbocycles. The van der Waals surface area contributed by atoms with Crippen LogP contribution < -0.4 is 4.74 Å². The molecule has 1 aromatic rings. The molecule has 0 amide bonds. The summed E-state index contributed by atoms with van der Waals surface area (Å²) in [5.74, 6) is 0.711. The van der Waals surface area contributed by atoms with Crippen LogP contribution in [0.2, 0.25) is 0 Å². The van der Waals surface area contributed by atoms with E-state index in [9.17, 15) is 4.79 Å². The van der Waals surface area contributed by atoms with Gasteiger partial charge in [0.05, 0.1) is 14.2 Å². The predicted octanol–water partition coefficient (Wildman–Crippen LogP) is 2.18. The third-order valence-electron chi connectivity index (χ3n) is 1.60. The van der Waals surface area contributed by atoms with Gasteiger partial charge in [0, 0.05) is 6.92 Å². The van der Waals surface area contributed by atoms with Crippen LogP contribution in [-0.4, -0.2) is 20.2 Å². The Balaban J connectivity index is 0.000000292. The molecule has 1 rings (SSSR count). The van der Waals surface area contributed by atoms with E-state index in [4.69, 9.17) is 4.74 Å². The molecule has 0 saturated heterocycles. The summed E-state index contributed by atoms with van der Waals surface area (Å²) < 4.78 is 9.16. The van der Waals surface area contributed by atoms with Gasteiger partial charge in [0.15, 0.2) is 0 Å². The molecular formula is C11H16O3. The number of rotatable bonds is 1. The number of hydrogen-bond donors (Lipinski definition) is 0. The normalized spacial score (nSPS) is 8.29. The molecule has 0 aliphatic heterocycles. The second kappa shape index (κ2) is 6.95. The first-order chi connectivity index (χ1) is 6.61. The van der Waals surface area contributed by atoms with Crippen molar-refractivity contribution in [1.29, 1.82) is 0 Å². The lowest BCUT2D eigenvalue weighted by molar-refractivity contribution is -0.137. The van der Waals surface area contributed by atoms with E-state index in [0.29, 0.717) is 0 Å². The Morgan fingerprint density at radius 3 is 2.00 bits per heavy atom. The van der Waals surface area contributed by atoms with E-state index in [0.717, 1.165) is 5.75 Å². The smallest absolute Gasteiger partial charge is 0.302 e. The summed E-state index contributed by atoms with van der Waals surface area (Å²) in [5.41, 5.74) is 1.18. The first-order valence-corrected chi connectivity index (χ1v) is 4.26.